The van der Waals surface area contributed by atoms with Crippen LogP contribution in [0, 0.1) is 0 Å². The Morgan fingerprint density at radius 1 is 0.273 bits per heavy atom. The van der Waals surface area contributed by atoms with Crippen molar-refractivity contribution < 1.29 is 4.42 Å². The summed E-state index contributed by atoms with van der Waals surface area (Å²) >= 11 is 0. The van der Waals surface area contributed by atoms with Crippen LogP contribution in [-0.4, -0.2) is 29.9 Å². The van der Waals surface area contributed by atoms with Crippen LogP contribution in [0.2, 0.25) is 0 Å². The number of fused-ring (bicyclic) bond motifs is 3. The van der Waals surface area contributed by atoms with Gasteiger partial charge >= 0.3 is 0 Å². The number of furan rings is 1. The molecule has 7 heteroatoms. The third-order valence-corrected chi connectivity index (χ3v) is 9.61. The molecule has 0 radical (unpaired) electrons. The fraction of sp³-hybridized carbons (Fsp3) is 0. The first-order valence-corrected chi connectivity index (χ1v) is 18.0. The molecule has 3 aromatic heterocycles. The number of benzene rings is 7. The Morgan fingerprint density at radius 3 is 1.22 bits per heavy atom. The Balaban J connectivity index is 1.15. The molecule has 3 heterocycles. The van der Waals surface area contributed by atoms with Crippen molar-refractivity contribution in [2.24, 2.45) is 0 Å². The minimum absolute atomic E-state index is 0.510. The Labute approximate surface area is 316 Å². The molecular formula is C48H30N6O. The third-order valence-electron chi connectivity index (χ3n) is 9.61. The molecule has 0 aliphatic heterocycles. The second kappa shape index (κ2) is 13.7. The Morgan fingerprint density at radius 2 is 0.655 bits per heavy atom. The average molecular weight is 707 g/mol. The Kier molecular flexibility index (Phi) is 8.00. The molecule has 7 nitrogen and oxygen atoms in total. The largest absolute Gasteiger partial charge is 0.456 e. The molecule has 0 bridgehead atoms. The molecule has 0 atom stereocenters. The van der Waals surface area contributed by atoms with Gasteiger partial charge in [-0.1, -0.05) is 164 Å². The van der Waals surface area contributed by atoms with Crippen molar-refractivity contribution in [3.05, 3.63) is 182 Å². The van der Waals surface area contributed by atoms with E-state index in [-0.39, 0.29) is 0 Å². The summed E-state index contributed by atoms with van der Waals surface area (Å²) in [5.41, 5.74) is 8.91. The highest BCUT2D eigenvalue weighted by molar-refractivity contribution is 6.12. The molecule has 0 saturated heterocycles. The van der Waals surface area contributed by atoms with Crippen LogP contribution in [0.15, 0.2) is 186 Å². The molecule has 0 fully saturated rings. The zero-order valence-corrected chi connectivity index (χ0v) is 29.4. The van der Waals surface area contributed by atoms with E-state index in [0.29, 0.717) is 34.9 Å². The molecule has 7 aromatic carbocycles. The minimum Gasteiger partial charge on any atom is -0.456 e. The third kappa shape index (κ3) is 6.09. The summed E-state index contributed by atoms with van der Waals surface area (Å²) in [7, 11) is 0. The van der Waals surface area contributed by atoms with E-state index in [1.165, 1.54) is 0 Å². The zero-order valence-electron chi connectivity index (χ0n) is 29.4. The molecule has 0 saturated carbocycles. The van der Waals surface area contributed by atoms with Gasteiger partial charge < -0.3 is 4.42 Å². The molecule has 10 rings (SSSR count). The minimum atomic E-state index is 0.510. The van der Waals surface area contributed by atoms with Crippen LogP contribution >= 0.6 is 0 Å². The lowest BCUT2D eigenvalue weighted by Crippen LogP contribution is -2.03. The first kappa shape index (κ1) is 32.0. The maximum atomic E-state index is 6.22. The summed E-state index contributed by atoms with van der Waals surface area (Å²) in [5, 5.41) is 2.15. The predicted molar refractivity (Wildman–Crippen MR) is 219 cm³/mol. The molecule has 0 N–H and O–H groups in total. The van der Waals surface area contributed by atoms with Gasteiger partial charge in [0.15, 0.2) is 34.9 Å². The lowest BCUT2D eigenvalue weighted by molar-refractivity contribution is 0.669. The van der Waals surface area contributed by atoms with Gasteiger partial charge in [0.25, 0.3) is 0 Å². The molecule has 0 unspecified atom stereocenters. The predicted octanol–water partition coefficient (Wildman–Crippen LogP) is 11.6. The van der Waals surface area contributed by atoms with Crippen LogP contribution in [0.25, 0.3) is 101 Å². The van der Waals surface area contributed by atoms with Gasteiger partial charge in [-0.25, -0.2) is 29.9 Å². The number of aromatic nitrogens is 6. The average Bonchev–Trinajstić information content (AvgIpc) is 3.66. The summed E-state index contributed by atoms with van der Waals surface area (Å²) in [6.07, 6.45) is 0. The van der Waals surface area contributed by atoms with Crippen LogP contribution in [-0.2, 0) is 0 Å². The van der Waals surface area contributed by atoms with Crippen molar-refractivity contribution in [3.8, 4) is 79.5 Å². The van der Waals surface area contributed by atoms with Crippen LogP contribution < -0.4 is 0 Å². The van der Waals surface area contributed by atoms with Gasteiger partial charge in [0.1, 0.15) is 11.2 Å². The van der Waals surface area contributed by atoms with Crippen molar-refractivity contribution in [3.63, 3.8) is 0 Å². The van der Waals surface area contributed by atoms with Crippen LogP contribution in [0.4, 0.5) is 0 Å². The van der Waals surface area contributed by atoms with Gasteiger partial charge in [0, 0.05) is 44.2 Å². The second-order valence-corrected chi connectivity index (χ2v) is 13.1. The molecule has 0 amide bonds. The highest BCUT2D eigenvalue weighted by Gasteiger charge is 2.20. The molecule has 0 aliphatic carbocycles. The molecule has 258 valence electrons. The van der Waals surface area contributed by atoms with E-state index >= 15 is 0 Å². The fourth-order valence-electron chi connectivity index (χ4n) is 6.98. The smallest absolute Gasteiger partial charge is 0.164 e. The number of rotatable bonds is 7. The maximum absolute atomic E-state index is 6.22. The van der Waals surface area contributed by atoms with Crippen LogP contribution in [0.1, 0.15) is 0 Å². The SMILES string of the molecule is c1ccc(-c2nc(-c3ccccc3)nc(-c3ccccc3-c3nc(-c4ccccc4)nc(-c4cccc(-c5cccc6oc7ccccc7c56)c4)n3)n2)cc1. The topological polar surface area (TPSA) is 90.5 Å². The highest BCUT2D eigenvalue weighted by Crippen LogP contribution is 2.38. The number of para-hydroxylation sites is 1. The number of nitrogens with zero attached hydrogens (tertiary/aromatic N) is 6. The van der Waals surface area contributed by atoms with Gasteiger partial charge in [0.2, 0.25) is 0 Å². The van der Waals surface area contributed by atoms with E-state index in [9.17, 15) is 0 Å². The summed E-state index contributed by atoms with van der Waals surface area (Å²) < 4.78 is 6.22. The van der Waals surface area contributed by atoms with E-state index in [1.54, 1.807) is 0 Å². The van der Waals surface area contributed by atoms with E-state index in [4.69, 9.17) is 34.3 Å². The number of hydrogen-bond acceptors (Lipinski definition) is 7. The van der Waals surface area contributed by atoms with E-state index in [2.05, 4.69) is 24.3 Å². The molecule has 0 spiro atoms. The van der Waals surface area contributed by atoms with Gasteiger partial charge in [-0.15, -0.1) is 0 Å². The molecule has 55 heavy (non-hydrogen) atoms. The summed E-state index contributed by atoms with van der Waals surface area (Å²) in [5.74, 6) is 3.31. The molecule has 0 aliphatic rings. The van der Waals surface area contributed by atoms with Crippen LogP contribution in [0.3, 0.4) is 0 Å². The van der Waals surface area contributed by atoms with Crippen molar-refractivity contribution in [2.75, 3.05) is 0 Å². The Bertz CT molecular complexity index is 2920. The summed E-state index contributed by atoms with van der Waals surface area (Å²) in [4.78, 5) is 30.3. The highest BCUT2D eigenvalue weighted by atomic mass is 16.3. The van der Waals surface area contributed by atoms with E-state index in [1.807, 2.05) is 158 Å². The molecular weight excluding hydrogens is 677 g/mol. The van der Waals surface area contributed by atoms with Crippen molar-refractivity contribution >= 4 is 21.9 Å². The van der Waals surface area contributed by atoms with Gasteiger partial charge in [-0.05, 0) is 29.3 Å². The van der Waals surface area contributed by atoms with E-state index < -0.39 is 0 Å². The van der Waals surface area contributed by atoms with Crippen molar-refractivity contribution in [1.82, 2.24) is 29.9 Å². The fourth-order valence-corrected chi connectivity index (χ4v) is 6.98. The quantitative estimate of drug-likeness (QED) is 0.163. The van der Waals surface area contributed by atoms with E-state index in [0.717, 1.165) is 66.4 Å². The first-order valence-electron chi connectivity index (χ1n) is 18.0. The lowest BCUT2D eigenvalue weighted by atomic mass is 9.98. The molecule has 10 aromatic rings. The van der Waals surface area contributed by atoms with Gasteiger partial charge in [-0.2, -0.15) is 0 Å². The standard InChI is InChI=1S/C48H30N6O/c1-4-16-31(17-5-1)43-49-44(32-18-6-2-7-19-32)52-47(51-43)37-24-10-11-25-38(37)48-53-45(33-20-8-3-9-21-33)50-46(54-48)35-23-14-22-34(30-35)36-27-15-29-41-42(36)39-26-12-13-28-40(39)55-41/h1-30H. The summed E-state index contributed by atoms with van der Waals surface area (Å²) in [6, 6.07) is 60.6. The van der Waals surface area contributed by atoms with Gasteiger partial charge in [-0.3, -0.25) is 0 Å². The maximum Gasteiger partial charge on any atom is 0.164 e. The normalized spacial score (nSPS) is 11.3. The monoisotopic (exact) mass is 706 g/mol. The number of hydrogen-bond donors (Lipinski definition) is 0. The first-order chi connectivity index (χ1) is 27.2. The van der Waals surface area contributed by atoms with Crippen molar-refractivity contribution in [1.29, 1.82) is 0 Å². The van der Waals surface area contributed by atoms with Crippen LogP contribution in [0.5, 0.6) is 0 Å². The van der Waals surface area contributed by atoms with Crippen molar-refractivity contribution in [2.45, 2.75) is 0 Å². The second-order valence-electron chi connectivity index (χ2n) is 13.1. The van der Waals surface area contributed by atoms with Gasteiger partial charge in [0.05, 0.1) is 0 Å². The summed E-state index contributed by atoms with van der Waals surface area (Å²) in [6.45, 7) is 0. The zero-order chi connectivity index (χ0) is 36.6. The Hall–Kier alpha value is -7.64. The lowest BCUT2D eigenvalue weighted by Gasteiger charge is -2.13.